The van der Waals surface area contributed by atoms with Crippen molar-refractivity contribution < 1.29 is 24.5 Å². The van der Waals surface area contributed by atoms with Gasteiger partial charge in [0.1, 0.15) is 11.9 Å². The number of allylic oxidation sites excluding steroid dienone is 1. The van der Waals surface area contributed by atoms with Crippen molar-refractivity contribution in [2.45, 2.75) is 32.8 Å². The van der Waals surface area contributed by atoms with Gasteiger partial charge in [-0.05, 0) is 35.7 Å². The number of benzene rings is 4. The molecule has 0 spiro atoms. The number of hydrogen-bond donors (Lipinski definition) is 3. The van der Waals surface area contributed by atoms with E-state index in [0.717, 1.165) is 27.8 Å². The number of carboxylic acids is 1. The summed E-state index contributed by atoms with van der Waals surface area (Å²) in [7, 11) is 0. The van der Waals surface area contributed by atoms with Crippen LogP contribution in [-0.4, -0.2) is 22.3 Å². The predicted molar refractivity (Wildman–Crippen MR) is 142 cm³/mol. The Morgan fingerprint density at radius 1 is 0.917 bits per heavy atom. The lowest BCUT2D eigenvalue weighted by atomic mass is 9.77. The molecule has 0 unspecified atom stereocenters. The van der Waals surface area contributed by atoms with E-state index < -0.39 is 23.6 Å². The van der Waals surface area contributed by atoms with E-state index in [-0.39, 0.29) is 5.75 Å². The molecular weight excluding hydrogens is 454 g/mol. The minimum Gasteiger partial charge on any atom is -0.507 e. The molecule has 0 aliphatic heterocycles. The molecule has 3 N–H and O–H groups in total. The Labute approximate surface area is 209 Å². The Bertz CT molecular complexity index is 1430. The topological polar surface area (TPSA) is 95.9 Å². The molecule has 0 aliphatic rings. The molecule has 36 heavy (non-hydrogen) atoms. The van der Waals surface area contributed by atoms with E-state index in [1.165, 1.54) is 0 Å². The fraction of sp³-hybridized carbons (Fsp3) is 0.200. The van der Waals surface area contributed by atoms with Gasteiger partial charge in [0.15, 0.2) is 0 Å². The SMILES string of the molecule is CC(C)(CC/C=C/C(=O)O)[C@H](OC(=O)Nc1cccc2ccccc12)c1ccc(O)c2ccccc12. The molecule has 0 fully saturated rings. The summed E-state index contributed by atoms with van der Waals surface area (Å²) in [4.78, 5) is 24.1. The van der Waals surface area contributed by atoms with Crippen molar-refractivity contribution >= 4 is 39.3 Å². The number of aromatic hydroxyl groups is 1. The average molecular weight is 484 g/mol. The third-order valence-electron chi connectivity index (χ3n) is 6.39. The molecule has 0 aromatic heterocycles. The average Bonchev–Trinajstić information content (AvgIpc) is 2.86. The molecular formula is C30H29NO5. The van der Waals surface area contributed by atoms with E-state index in [9.17, 15) is 14.7 Å². The fourth-order valence-electron chi connectivity index (χ4n) is 4.53. The van der Waals surface area contributed by atoms with E-state index >= 15 is 0 Å². The number of amides is 1. The van der Waals surface area contributed by atoms with Gasteiger partial charge >= 0.3 is 12.1 Å². The first-order chi connectivity index (χ1) is 17.3. The van der Waals surface area contributed by atoms with Crippen molar-refractivity contribution in [1.82, 2.24) is 0 Å². The van der Waals surface area contributed by atoms with Crippen molar-refractivity contribution in [3.8, 4) is 5.75 Å². The van der Waals surface area contributed by atoms with Crippen LogP contribution in [0.4, 0.5) is 10.5 Å². The monoisotopic (exact) mass is 483 g/mol. The molecule has 0 heterocycles. The summed E-state index contributed by atoms with van der Waals surface area (Å²) in [5.74, 6) is -0.852. The van der Waals surface area contributed by atoms with Crippen molar-refractivity contribution in [1.29, 1.82) is 0 Å². The zero-order valence-corrected chi connectivity index (χ0v) is 20.3. The summed E-state index contributed by atoms with van der Waals surface area (Å²) in [5.41, 5.74) is 0.858. The lowest BCUT2D eigenvalue weighted by Gasteiger charge is -2.35. The minimum absolute atomic E-state index is 0.149. The van der Waals surface area contributed by atoms with Crippen LogP contribution >= 0.6 is 0 Å². The van der Waals surface area contributed by atoms with Crippen molar-refractivity contribution in [3.63, 3.8) is 0 Å². The van der Waals surface area contributed by atoms with E-state index in [4.69, 9.17) is 9.84 Å². The maximum atomic E-state index is 13.2. The lowest BCUT2D eigenvalue weighted by molar-refractivity contribution is -0.131. The van der Waals surface area contributed by atoms with Crippen LogP contribution in [0.2, 0.25) is 0 Å². The highest BCUT2D eigenvalue weighted by molar-refractivity contribution is 6.00. The number of carbonyl (C=O) groups excluding carboxylic acids is 1. The molecule has 0 saturated heterocycles. The largest absolute Gasteiger partial charge is 0.507 e. The third-order valence-corrected chi connectivity index (χ3v) is 6.39. The number of fused-ring (bicyclic) bond motifs is 2. The number of hydrogen-bond acceptors (Lipinski definition) is 4. The Hall–Kier alpha value is -4.32. The Kier molecular flexibility index (Phi) is 7.25. The first-order valence-corrected chi connectivity index (χ1v) is 11.8. The van der Waals surface area contributed by atoms with Crippen molar-refractivity contribution in [2.75, 3.05) is 5.32 Å². The number of phenolic OH excluding ortho intramolecular Hbond substituents is 1. The molecule has 4 aromatic carbocycles. The van der Waals surface area contributed by atoms with Gasteiger partial charge in [0.2, 0.25) is 0 Å². The first kappa shape index (κ1) is 24.8. The highest BCUT2D eigenvalue weighted by Gasteiger charge is 2.35. The smallest absolute Gasteiger partial charge is 0.412 e. The predicted octanol–water partition coefficient (Wildman–Crippen LogP) is 7.44. The quantitative estimate of drug-likeness (QED) is 0.226. The molecule has 6 heteroatoms. The number of phenols is 1. The molecule has 1 amide bonds. The van der Waals surface area contributed by atoms with Crippen molar-refractivity contribution in [3.05, 3.63) is 96.6 Å². The molecule has 6 nitrogen and oxygen atoms in total. The number of anilines is 1. The van der Waals surface area contributed by atoms with Gasteiger partial charge in [0.25, 0.3) is 0 Å². The van der Waals surface area contributed by atoms with Crippen LogP contribution in [0.15, 0.2) is 91.0 Å². The normalized spacial score (nSPS) is 12.6. The Morgan fingerprint density at radius 3 is 2.33 bits per heavy atom. The summed E-state index contributed by atoms with van der Waals surface area (Å²) < 4.78 is 6.11. The Balaban J connectivity index is 1.68. The number of nitrogens with one attached hydrogen (secondary N) is 1. The molecule has 4 rings (SSSR count). The number of carboxylic acid groups (broad SMARTS) is 1. The van der Waals surface area contributed by atoms with Gasteiger partial charge in [-0.15, -0.1) is 0 Å². The van der Waals surface area contributed by atoms with Crippen LogP contribution < -0.4 is 5.32 Å². The second kappa shape index (κ2) is 10.5. The molecule has 1 atom stereocenters. The highest BCUT2D eigenvalue weighted by atomic mass is 16.6. The first-order valence-electron chi connectivity index (χ1n) is 11.8. The second-order valence-corrected chi connectivity index (χ2v) is 9.42. The van der Waals surface area contributed by atoms with Gasteiger partial charge in [-0.25, -0.2) is 9.59 Å². The zero-order chi connectivity index (χ0) is 25.7. The number of rotatable bonds is 8. The highest BCUT2D eigenvalue weighted by Crippen LogP contribution is 2.44. The Morgan fingerprint density at radius 2 is 1.58 bits per heavy atom. The summed E-state index contributed by atoms with van der Waals surface area (Å²) in [6.07, 6.45) is 2.53. The van der Waals surface area contributed by atoms with Crippen LogP contribution in [0, 0.1) is 5.41 Å². The molecule has 0 saturated carbocycles. The lowest BCUT2D eigenvalue weighted by Crippen LogP contribution is -2.29. The number of ether oxygens (including phenoxy) is 1. The third kappa shape index (κ3) is 5.49. The van der Waals surface area contributed by atoms with Crippen LogP contribution in [0.3, 0.4) is 0 Å². The van der Waals surface area contributed by atoms with Crippen LogP contribution in [0.25, 0.3) is 21.5 Å². The second-order valence-electron chi connectivity index (χ2n) is 9.42. The van der Waals surface area contributed by atoms with Gasteiger partial charge in [0, 0.05) is 27.8 Å². The molecule has 0 radical (unpaired) electrons. The summed E-state index contributed by atoms with van der Waals surface area (Å²) in [6, 6.07) is 24.3. The fourth-order valence-corrected chi connectivity index (χ4v) is 4.53. The maximum absolute atomic E-state index is 13.2. The molecule has 4 aromatic rings. The van der Waals surface area contributed by atoms with E-state index in [1.807, 2.05) is 80.6 Å². The van der Waals surface area contributed by atoms with Gasteiger partial charge in [0.05, 0.1) is 5.69 Å². The molecule has 0 aliphatic carbocycles. The molecule has 0 bridgehead atoms. The van der Waals surface area contributed by atoms with Gasteiger partial charge in [-0.1, -0.05) is 86.7 Å². The summed E-state index contributed by atoms with van der Waals surface area (Å²) in [6.45, 7) is 3.97. The standard InChI is InChI=1S/C30H29NO5/c1-30(2,19-8-7-16-27(33)34)28(24-17-18-26(32)23-14-6-5-13-22(23)24)36-29(35)31-25-15-9-11-20-10-3-4-12-21(20)25/h3-7,9-18,28,32H,8,19H2,1-2H3,(H,31,35)(H,33,34)/b16-7+/t28-/m1/s1. The maximum Gasteiger partial charge on any atom is 0.412 e. The zero-order valence-electron chi connectivity index (χ0n) is 20.3. The molecule has 184 valence electrons. The van der Waals surface area contributed by atoms with Gasteiger partial charge in [-0.3, -0.25) is 5.32 Å². The van der Waals surface area contributed by atoms with Crippen molar-refractivity contribution in [2.24, 2.45) is 5.41 Å². The van der Waals surface area contributed by atoms with Gasteiger partial charge < -0.3 is 14.9 Å². The van der Waals surface area contributed by atoms with E-state index in [0.29, 0.717) is 23.9 Å². The van der Waals surface area contributed by atoms with Crippen LogP contribution in [-0.2, 0) is 9.53 Å². The van der Waals surface area contributed by atoms with Crippen LogP contribution in [0.1, 0.15) is 38.4 Å². The van der Waals surface area contributed by atoms with Crippen LogP contribution in [0.5, 0.6) is 5.75 Å². The van der Waals surface area contributed by atoms with E-state index in [2.05, 4.69) is 5.32 Å². The summed E-state index contributed by atoms with van der Waals surface area (Å²) >= 11 is 0. The van der Waals surface area contributed by atoms with Gasteiger partial charge in [-0.2, -0.15) is 0 Å². The van der Waals surface area contributed by atoms with E-state index in [1.54, 1.807) is 18.2 Å². The number of aliphatic carboxylic acids is 1. The summed E-state index contributed by atoms with van der Waals surface area (Å²) in [5, 5.41) is 25.6. The minimum atomic E-state index is -1.00. The number of carbonyl (C=O) groups is 2.